The number of aromatic nitrogens is 2. The lowest BCUT2D eigenvalue weighted by Gasteiger charge is -1.99. The Labute approximate surface area is 89.7 Å². The van der Waals surface area contributed by atoms with Gasteiger partial charge in [-0.15, -0.1) is 0 Å². The average Bonchev–Trinajstić information content (AvgIpc) is 2.27. The van der Waals surface area contributed by atoms with Gasteiger partial charge in [0, 0.05) is 11.5 Å². The zero-order valence-electron chi connectivity index (χ0n) is 7.39. The lowest BCUT2D eigenvalue weighted by Crippen LogP contribution is -1.87. The summed E-state index contributed by atoms with van der Waals surface area (Å²) in [5.41, 5.74) is 3.42. The number of rotatable bonds is 0. The smallest absolute Gasteiger partial charge is 0.177 e. The summed E-state index contributed by atoms with van der Waals surface area (Å²) >= 11 is 8.67. The summed E-state index contributed by atoms with van der Waals surface area (Å²) in [5.74, 6) is 0. The Hall–Kier alpha value is -0.610. The monoisotopic (exact) mass is 256 g/mol. The van der Waals surface area contributed by atoms with Crippen molar-refractivity contribution >= 4 is 39.2 Å². The molecule has 0 amide bonds. The fourth-order valence-electron chi connectivity index (χ4n) is 1.47. The summed E-state index contributed by atoms with van der Waals surface area (Å²) in [6, 6.07) is 4.18. The predicted molar refractivity (Wildman–Crippen MR) is 60.5 cm³/mol. The van der Waals surface area contributed by atoms with Crippen molar-refractivity contribution in [3.63, 3.8) is 0 Å². The SMILES string of the molecule is Cc1cc(Br)c2c(c1)[nH]c(=S)n2C. The summed E-state index contributed by atoms with van der Waals surface area (Å²) in [6.45, 7) is 2.06. The highest BCUT2D eigenvalue weighted by atomic mass is 79.9. The fourth-order valence-corrected chi connectivity index (χ4v) is 2.51. The van der Waals surface area contributed by atoms with Gasteiger partial charge in [-0.25, -0.2) is 0 Å². The highest BCUT2D eigenvalue weighted by molar-refractivity contribution is 9.10. The van der Waals surface area contributed by atoms with Crippen molar-refractivity contribution in [2.24, 2.45) is 7.05 Å². The molecule has 0 saturated heterocycles. The van der Waals surface area contributed by atoms with Crippen molar-refractivity contribution < 1.29 is 0 Å². The average molecular weight is 257 g/mol. The van der Waals surface area contributed by atoms with Crippen LogP contribution in [0.4, 0.5) is 0 Å². The van der Waals surface area contributed by atoms with Crippen LogP contribution in [0.1, 0.15) is 5.56 Å². The third kappa shape index (κ3) is 1.34. The molecule has 0 aliphatic rings. The first-order chi connectivity index (χ1) is 6.09. The van der Waals surface area contributed by atoms with Crippen LogP contribution >= 0.6 is 28.1 Å². The summed E-state index contributed by atoms with van der Waals surface area (Å²) in [4.78, 5) is 3.16. The Morgan fingerprint density at radius 2 is 2.15 bits per heavy atom. The molecule has 0 unspecified atom stereocenters. The number of H-pyrrole nitrogens is 1. The van der Waals surface area contributed by atoms with E-state index >= 15 is 0 Å². The first-order valence-corrected chi connectivity index (χ1v) is 5.14. The molecule has 0 radical (unpaired) electrons. The number of hydrogen-bond acceptors (Lipinski definition) is 1. The molecule has 1 heterocycles. The zero-order chi connectivity index (χ0) is 9.59. The summed E-state index contributed by atoms with van der Waals surface area (Å²) < 4.78 is 3.80. The van der Waals surface area contributed by atoms with Gasteiger partial charge in [0.1, 0.15) is 0 Å². The minimum Gasteiger partial charge on any atom is -0.331 e. The number of benzene rings is 1. The van der Waals surface area contributed by atoms with Crippen LogP contribution in [-0.4, -0.2) is 9.55 Å². The van der Waals surface area contributed by atoms with E-state index in [0.717, 1.165) is 20.3 Å². The number of nitrogens with zero attached hydrogens (tertiary/aromatic N) is 1. The highest BCUT2D eigenvalue weighted by Gasteiger charge is 2.05. The van der Waals surface area contributed by atoms with Crippen LogP contribution in [0.2, 0.25) is 0 Å². The molecule has 0 spiro atoms. The maximum absolute atomic E-state index is 5.14. The maximum Gasteiger partial charge on any atom is 0.177 e. The molecule has 0 atom stereocenters. The summed E-state index contributed by atoms with van der Waals surface area (Å²) in [5, 5.41) is 0. The van der Waals surface area contributed by atoms with Gasteiger partial charge in [-0.3, -0.25) is 0 Å². The number of nitrogens with one attached hydrogen (secondary N) is 1. The minimum atomic E-state index is 0.751. The Balaban J connectivity index is 3.03. The van der Waals surface area contributed by atoms with E-state index in [-0.39, 0.29) is 0 Å². The first-order valence-electron chi connectivity index (χ1n) is 3.94. The van der Waals surface area contributed by atoms with Gasteiger partial charge in [-0.1, -0.05) is 0 Å². The van der Waals surface area contributed by atoms with E-state index in [0.29, 0.717) is 0 Å². The van der Waals surface area contributed by atoms with Gasteiger partial charge < -0.3 is 9.55 Å². The topological polar surface area (TPSA) is 20.7 Å². The van der Waals surface area contributed by atoms with Crippen LogP contribution in [0.25, 0.3) is 11.0 Å². The third-order valence-corrected chi connectivity index (χ3v) is 3.07. The first kappa shape index (κ1) is 8.97. The molecule has 1 aromatic heterocycles. The molecule has 2 rings (SSSR count). The van der Waals surface area contributed by atoms with E-state index in [4.69, 9.17) is 12.2 Å². The van der Waals surface area contributed by atoms with Crippen molar-refractivity contribution in [2.75, 3.05) is 0 Å². The van der Waals surface area contributed by atoms with E-state index in [1.165, 1.54) is 5.56 Å². The van der Waals surface area contributed by atoms with Crippen LogP contribution in [0.5, 0.6) is 0 Å². The zero-order valence-corrected chi connectivity index (χ0v) is 9.79. The van der Waals surface area contributed by atoms with Crippen molar-refractivity contribution in [2.45, 2.75) is 6.92 Å². The van der Waals surface area contributed by atoms with Gasteiger partial charge in [0.05, 0.1) is 11.0 Å². The lowest BCUT2D eigenvalue weighted by molar-refractivity contribution is 0.925. The minimum absolute atomic E-state index is 0.751. The largest absolute Gasteiger partial charge is 0.331 e. The van der Waals surface area contributed by atoms with E-state index in [1.54, 1.807) is 0 Å². The lowest BCUT2D eigenvalue weighted by atomic mass is 10.2. The summed E-state index contributed by atoms with van der Waals surface area (Å²) in [6.07, 6.45) is 0. The second-order valence-electron chi connectivity index (χ2n) is 3.13. The molecule has 0 saturated carbocycles. The van der Waals surface area contributed by atoms with Gasteiger partial charge in [0.2, 0.25) is 0 Å². The molecule has 4 heteroatoms. The van der Waals surface area contributed by atoms with Crippen LogP contribution in [0.3, 0.4) is 0 Å². The van der Waals surface area contributed by atoms with E-state index in [2.05, 4.69) is 40.0 Å². The second kappa shape index (κ2) is 2.96. The van der Waals surface area contributed by atoms with Crippen molar-refractivity contribution in [3.05, 3.63) is 26.9 Å². The molecular formula is C9H9BrN2S. The van der Waals surface area contributed by atoms with E-state index in [9.17, 15) is 0 Å². The Kier molecular flexibility index (Phi) is 2.04. The van der Waals surface area contributed by atoms with E-state index < -0.39 is 0 Å². The highest BCUT2D eigenvalue weighted by Crippen LogP contribution is 2.24. The molecule has 1 aromatic carbocycles. The predicted octanol–water partition coefficient (Wildman–Crippen LogP) is 3.31. The molecule has 0 aliphatic heterocycles. The molecule has 0 aliphatic carbocycles. The summed E-state index contributed by atoms with van der Waals surface area (Å²) in [7, 11) is 1.96. The Morgan fingerprint density at radius 3 is 2.85 bits per heavy atom. The number of hydrogen-bond donors (Lipinski definition) is 1. The fraction of sp³-hybridized carbons (Fsp3) is 0.222. The molecule has 1 N–H and O–H groups in total. The maximum atomic E-state index is 5.14. The number of fused-ring (bicyclic) bond motifs is 1. The third-order valence-electron chi connectivity index (χ3n) is 2.09. The van der Waals surface area contributed by atoms with Crippen LogP contribution < -0.4 is 0 Å². The van der Waals surface area contributed by atoms with Gasteiger partial charge in [-0.05, 0) is 52.8 Å². The number of aryl methyl sites for hydroxylation is 2. The molecular weight excluding hydrogens is 248 g/mol. The molecule has 0 fully saturated rings. The molecule has 2 aromatic rings. The quantitative estimate of drug-likeness (QED) is 0.718. The number of imidazole rings is 1. The van der Waals surface area contributed by atoms with Gasteiger partial charge in [0.15, 0.2) is 4.77 Å². The molecule has 13 heavy (non-hydrogen) atoms. The Morgan fingerprint density at radius 1 is 1.46 bits per heavy atom. The normalized spacial score (nSPS) is 11.0. The standard InChI is InChI=1S/C9H9BrN2S/c1-5-3-6(10)8-7(4-5)11-9(13)12(8)2/h3-4H,1-2H3,(H,11,13). The van der Waals surface area contributed by atoms with Crippen LogP contribution in [-0.2, 0) is 7.05 Å². The molecule has 2 nitrogen and oxygen atoms in total. The Bertz CT molecular complexity index is 524. The van der Waals surface area contributed by atoms with Crippen molar-refractivity contribution in [1.29, 1.82) is 0 Å². The van der Waals surface area contributed by atoms with Gasteiger partial charge in [-0.2, -0.15) is 0 Å². The second-order valence-corrected chi connectivity index (χ2v) is 4.37. The van der Waals surface area contributed by atoms with Crippen LogP contribution in [0.15, 0.2) is 16.6 Å². The molecule has 68 valence electrons. The van der Waals surface area contributed by atoms with Crippen molar-refractivity contribution in [1.82, 2.24) is 9.55 Å². The van der Waals surface area contributed by atoms with Crippen molar-refractivity contribution in [3.8, 4) is 0 Å². The van der Waals surface area contributed by atoms with Gasteiger partial charge in [0.25, 0.3) is 0 Å². The molecule has 0 bridgehead atoms. The number of aromatic amines is 1. The number of halogens is 1. The van der Waals surface area contributed by atoms with Gasteiger partial charge >= 0.3 is 0 Å². The van der Waals surface area contributed by atoms with E-state index in [1.807, 2.05) is 11.6 Å². The van der Waals surface area contributed by atoms with Crippen LogP contribution in [0, 0.1) is 11.7 Å².